The van der Waals surface area contributed by atoms with Crippen molar-refractivity contribution in [2.45, 2.75) is 51.9 Å². The molecular weight excluding hydrogens is 406 g/mol. The molecule has 1 fully saturated rings. The number of ether oxygens (including phenoxy) is 1. The summed E-state index contributed by atoms with van der Waals surface area (Å²) >= 11 is 0. The Labute approximate surface area is 189 Å². The number of likely N-dealkylation sites (N-methyl/N-ethyl adjacent to an activating group) is 1. The maximum absolute atomic E-state index is 13.4. The average Bonchev–Trinajstić information content (AvgIpc) is 2.97. The molecule has 0 saturated carbocycles. The van der Waals surface area contributed by atoms with Crippen LogP contribution in [0.4, 0.5) is 9.59 Å². The lowest BCUT2D eigenvalue weighted by atomic mass is 10.0. The van der Waals surface area contributed by atoms with Crippen molar-refractivity contribution in [3.05, 3.63) is 71.8 Å². The molecule has 0 unspecified atom stereocenters. The molecule has 0 aromatic heterocycles. The largest absolute Gasteiger partial charge is 0.444 e. The molecule has 4 amide bonds. The summed E-state index contributed by atoms with van der Waals surface area (Å²) in [6.07, 6.45) is -0.598. The zero-order valence-corrected chi connectivity index (χ0v) is 19.3. The van der Waals surface area contributed by atoms with Gasteiger partial charge < -0.3 is 9.64 Å². The van der Waals surface area contributed by atoms with Crippen LogP contribution in [-0.2, 0) is 16.1 Å². The van der Waals surface area contributed by atoms with Crippen molar-refractivity contribution in [3.8, 4) is 0 Å². The Hall–Kier alpha value is -3.35. The molecule has 2 aromatic carbocycles. The lowest BCUT2D eigenvalue weighted by Gasteiger charge is -2.30. The van der Waals surface area contributed by atoms with Crippen molar-refractivity contribution in [1.82, 2.24) is 14.7 Å². The van der Waals surface area contributed by atoms with Gasteiger partial charge in [-0.1, -0.05) is 60.7 Å². The summed E-state index contributed by atoms with van der Waals surface area (Å²) in [5.74, 6) is -0.443. The first-order chi connectivity index (χ1) is 15.1. The number of imide groups is 1. The number of carbonyl (C=O) groups is 3. The van der Waals surface area contributed by atoms with Crippen LogP contribution in [0.15, 0.2) is 60.7 Å². The minimum absolute atomic E-state index is 0.196. The van der Waals surface area contributed by atoms with Crippen molar-refractivity contribution >= 4 is 18.0 Å². The normalized spacial score (nSPS) is 18.6. The first-order valence-corrected chi connectivity index (χ1v) is 10.7. The van der Waals surface area contributed by atoms with Crippen LogP contribution in [0.2, 0.25) is 0 Å². The third-order valence-corrected chi connectivity index (χ3v) is 5.46. The van der Waals surface area contributed by atoms with Crippen LogP contribution in [0.3, 0.4) is 0 Å². The van der Waals surface area contributed by atoms with Crippen LogP contribution in [0, 0.1) is 0 Å². The van der Waals surface area contributed by atoms with Gasteiger partial charge in [0.15, 0.2) is 0 Å². The summed E-state index contributed by atoms with van der Waals surface area (Å²) in [5, 5.41) is 0. The monoisotopic (exact) mass is 437 g/mol. The Kier molecular flexibility index (Phi) is 6.87. The van der Waals surface area contributed by atoms with E-state index in [1.165, 1.54) is 9.80 Å². The van der Waals surface area contributed by atoms with E-state index in [0.29, 0.717) is 0 Å². The second-order valence-corrected chi connectivity index (χ2v) is 9.08. The van der Waals surface area contributed by atoms with Gasteiger partial charge in [0.2, 0.25) is 0 Å². The lowest BCUT2D eigenvalue weighted by Crippen LogP contribution is -2.46. The average molecular weight is 438 g/mol. The van der Waals surface area contributed by atoms with Crippen LogP contribution in [0.25, 0.3) is 0 Å². The summed E-state index contributed by atoms with van der Waals surface area (Å²) in [7, 11) is 1.69. The summed E-state index contributed by atoms with van der Waals surface area (Å²) in [6, 6.07) is 17.9. The van der Waals surface area contributed by atoms with Gasteiger partial charge in [-0.05, 0) is 38.8 Å². The van der Waals surface area contributed by atoms with Gasteiger partial charge in [0, 0.05) is 13.6 Å². The smallest absolute Gasteiger partial charge is 0.411 e. The second-order valence-electron chi connectivity index (χ2n) is 9.08. The van der Waals surface area contributed by atoms with Crippen LogP contribution in [-0.4, -0.2) is 58.0 Å². The summed E-state index contributed by atoms with van der Waals surface area (Å²) < 4.78 is 5.54. The Balaban J connectivity index is 1.87. The number of hydrogen-bond donors (Lipinski definition) is 0. The Bertz CT molecular complexity index is 956. The highest BCUT2D eigenvalue weighted by atomic mass is 16.6. The Morgan fingerprint density at radius 3 is 2.12 bits per heavy atom. The molecule has 0 spiro atoms. The molecule has 0 N–H and O–H groups in total. The van der Waals surface area contributed by atoms with Crippen molar-refractivity contribution in [2.24, 2.45) is 0 Å². The van der Waals surface area contributed by atoms with E-state index in [0.717, 1.165) is 11.1 Å². The number of urea groups is 1. The van der Waals surface area contributed by atoms with E-state index in [-0.39, 0.29) is 25.2 Å². The number of hydrogen-bond acceptors (Lipinski definition) is 4. The van der Waals surface area contributed by atoms with E-state index >= 15 is 0 Å². The van der Waals surface area contributed by atoms with E-state index in [4.69, 9.17) is 4.74 Å². The van der Waals surface area contributed by atoms with E-state index < -0.39 is 23.6 Å². The lowest BCUT2D eigenvalue weighted by molar-refractivity contribution is -0.130. The molecule has 2 aromatic rings. The number of amides is 4. The van der Waals surface area contributed by atoms with E-state index in [9.17, 15) is 14.4 Å². The highest BCUT2D eigenvalue weighted by molar-refractivity contribution is 5.98. The van der Waals surface area contributed by atoms with Crippen molar-refractivity contribution in [1.29, 1.82) is 0 Å². The highest BCUT2D eigenvalue weighted by Crippen LogP contribution is 2.34. The molecule has 0 aliphatic carbocycles. The minimum atomic E-state index is -0.708. The fraction of sp³-hybridized carbons (Fsp3) is 0.400. The molecule has 7 heteroatoms. The first-order valence-electron chi connectivity index (χ1n) is 10.7. The molecule has 32 heavy (non-hydrogen) atoms. The molecule has 1 heterocycles. The summed E-state index contributed by atoms with van der Waals surface area (Å²) in [5.41, 5.74) is 1.03. The van der Waals surface area contributed by atoms with Gasteiger partial charge in [-0.15, -0.1) is 0 Å². The van der Waals surface area contributed by atoms with Crippen LogP contribution in [0.5, 0.6) is 0 Å². The van der Waals surface area contributed by atoms with Crippen molar-refractivity contribution < 1.29 is 19.1 Å². The number of benzene rings is 2. The standard InChI is InChI=1S/C25H31N3O4/c1-18-22(20-14-10-7-11-15-20)28(23(30)26(18)5)21(29)17-27(24(31)32-25(2,3)4)16-19-12-8-6-9-13-19/h6-15,18,22H,16-17H2,1-5H3/t18-,22-/m0/s1. The topological polar surface area (TPSA) is 70.2 Å². The van der Waals surface area contributed by atoms with E-state index in [1.807, 2.05) is 67.6 Å². The molecular formula is C25H31N3O4. The third kappa shape index (κ3) is 5.28. The molecule has 170 valence electrons. The zero-order valence-electron chi connectivity index (χ0n) is 19.3. The van der Waals surface area contributed by atoms with Gasteiger partial charge in [0.1, 0.15) is 12.1 Å². The number of nitrogens with zero attached hydrogens (tertiary/aromatic N) is 3. The molecule has 0 radical (unpaired) electrons. The van der Waals surface area contributed by atoms with Crippen LogP contribution in [0.1, 0.15) is 44.9 Å². The first kappa shape index (κ1) is 23.3. The fourth-order valence-corrected chi connectivity index (χ4v) is 3.79. The van der Waals surface area contributed by atoms with Gasteiger partial charge in [-0.3, -0.25) is 14.6 Å². The number of carbonyl (C=O) groups excluding carboxylic acids is 3. The van der Waals surface area contributed by atoms with Crippen LogP contribution < -0.4 is 0 Å². The summed E-state index contributed by atoms with van der Waals surface area (Å²) in [6.45, 7) is 7.18. The molecule has 1 aliphatic rings. The molecule has 3 rings (SSSR count). The Morgan fingerprint density at radius 2 is 1.56 bits per heavy atom. The van der Waals surface area contributed by atoms with Crippen molar-refractivity contribution in [3.63, 3.8) is 0 Å². The SMILES string of the molecule is C[C@H]1[C@@H](c2ccccc2)N(C(=O)CN(Cc2ccccc2)C(=O)OC(C)(C)C)C(=O)N1C. The molecule has 7 nitrogen and oxygen atoms in total. The Morgan fingerprint density at radius 1 is 1.00 bits per heavy atom. The quantitative estimate of drug-likeness (QED) is 0.693. The molecule has 0 bridgehead atoms. The van der Waals surface area contributed by atoms with E-state index in [1.54, 1.807) is 32.7 Å². The third-order valence-electron chi connectivity index (χ3n) is 5.46. The van der Waals surface area contributed by atoms with Gasteiger partial charge >= 0.3 is 12.1 Å². The van der Waals surface area contributed by atoms with Gasteiger partial charge in [-0.25, -0.2) is 9.59 Å². The van der Waals surface area contributed by atoms with Crippen LogP contribution >= 0.6 is 0 Å². The zero-order chi connectivity index (χ0) is 23.5. The summed E-state index contributed by atoms with van der Waals surface area (Å²) in [4.78, 5) is 43.5. The second kappa shape index (κ2) is 9.42. The van der Waals surface area contributed by atoms with Gasteiger partial charge in [-0.2, -0.15) is 0 Å². The molecule has 1 aliphatic heterocycles. The minimum Gasteiger partial charge on any atom is -0.444 e. The predicted octanol–water partition coefficient (Wildman–Crippen LogP) is 4.45. The maximum atomic E-state index is 13.4. The molecule has 1 saturated heterocycles. The predicted molar refractivity (Wildman–Crippen MR) is 122 cm³/mol. The van der Waals surface area contributed by atoms with Crippen molar-refractivity contribution in [2.75, 3.05) is 13.6 Å². The molecule has 2 atom stereocenters. The van der Waals surface area contributed by atoms with E-state index in [2.05, 4.69) is 0 Å². The van der Waals surface area contributed by atoms with Gasteiger partial charge in [0.05, 0.1) is 12.1 Å². The fourth-order valence-electron chi connectivity index (χ4n) is 3.79. The highest BCUT2D eigenvalue weighted by Gasteiger charge is 2.46. The maximum Gasteiger partial charge on any atom is 0.411 e. The number of rotatable bonds is 5. The van der Waals surface area contributed by atoms with Gasteiger partial charge in [0.25, 0.3) is 5.91 Å².